The van der Waals surface area contributed by atoms with Crippen LogP contribution in [0, 0.1) is 6.92 Å². The van der Waals surface area contributed by atoms with E-state index >= 15 is 0 Å². The lowest BCUT2D eigenvalue weighted by molar-refractivity contribution is -0.132. The van der Waals surface area contributed by atoms with Crippen molar-refractivity contribution >= 4 is 5.91 Å². The lowest BCUT2D eigenvalue weighted by Gasteiger charge is -2.16. The summed E-state index contributed by atoms with van der Waals surface area (Å²) in [5.74, 6) is 1.57. The number of aromatic nitrogens is 2. The number of nitrogens with zero attached hydrogens (tertiary/aromatic N) is 3. The monoisotopic (exact) mass is 287 g/mol. The summed E-state index contributed by atoms with van der Waals surface area (Å²) in [5, 5.41) is 3.84. The summed E-state index contributed by atoms with van der Waals surface area (Å²) in [6.07, 6.45) is 2.18. The molecule has 1 saturated heterocycles. The number of amides is 1. The molecule has 1 atom stereocenters. The molecule has 0 aliphatic carbocycles. The third kappa shape index (κ3) is 3.04. The molecule has 1 amide bonds. The molecular formula is C15H17N3O3. The van der Waals surface area contributed by atoms with Crippen molar-refractivity contribution in [1.82, 2.24) is 15.0 Å². The number of carbonyl (C=O) groups is 1. The van der Waals surface area contributed by atoms with Gasteiger partial charge in [0.15, 0.2) is 12.4 Å². The molecule has 0 bridgehead atoms. The third-order valence-corrected chi connectivity index (χ3v) is 3.73. The second-order valence-electron chi connectivity index (χ2n) is 5.17. The van der Waals surface area contributed by atoms with Gasteiger partial charge >= 0.3 is 0 Å². The summed E-state index contributed by atoms with van der Waals surface area (Å²) in [7, 11) is 0. The molecule has 0 N–H and O–H groups in total. The number of rotatable bonds is 4. The zero-order valence-electron chi connectivity index (χ0n) is 11.9. The topological polar surface area (TPSA) is 68.5 Å². The Bertz CT molecular complexity index is 612. The molecule has 1 fully saturated rings. The molecule has 3 rings (SSSR count). The van der Waals surface area contributed by atoms with Crippen molar-refractivity contribution in [3.05, 3.63) is 42.0 Å². The fourth-order valence-electron chi connectivity index (χ4n) is 2.51. The van der Waals surface area contributed by atoms with E-state index in [4.69, 9.17) is 9.26 Å². The molecule has 0 radical (unpaired) electrons. The summed E-state index contributed by atoms with van der Waals surface area (Å²) in [6.45, 7) is 3.34. The van der Waals surface area contributed by atoms with E-state index in [0.29, 0.717) is 18.9 Å². The van der Waals surface area contributed by atoms with Gasteiger partial charge < -0.3 is 14.2 Å². The number of likely N-dealkylation sites (tertiary alicyclic amines) is 1. The lowest BCUT2D eigenvalue weighted by atomic mass is 10.1. The highest BCUT2D eigenvalue weighted by atomic mass is 16.5. The highest BCUT2D eigenvalue weighted by Crippen LogP contribution is 2.24. The maximum Gasteiger partial charge on any atom is 0.260 e. The van der Waals surface area contributed by atoms with E-state index in [2.05, 4.69) is 10.1 Å². The van der Waals surface area contributed by atoms with Gasteiger partial charge in [0.25, 0.3) is 5.91 Å². The molecule has 6 heteroatoms. The zero-order chi connectivity index (χ0) is 14.7. The van der Waals surface area contributed by atoms with E-state index < -0.39 is 0 Å². The van der Waals surface area contributed by atoms with Crippen LogP contribution in [0.15, 0.2) is 35.2 Å². The highest BCUT2D eigenvalue weighted by Gasteiger charge is 2.29. The van der Waals surface area contributed by atoms with Crippen LogP contribution in [0.2, 0.25) is 0 Å². The first-order valence-corrected chi connectivity index (χ1v) is 6.96. The van der Waals surface area contributed by atoms with E-state index in [1.807, 2.05) is 31.2 Å². The second kappa shape index (κ2) is 5.95. The Balaban J connectivity index is 1.54. The summed E-state index contributed by atoms with van der Waals surface area (Å²) < 4.78 is 10.3. The summed E-state index contributed by atoms with van der Waals surface area (Å²) in [5.41, 5.74) is 1.02. The largest absolute Gasteiger partial charge is 0.484 e. The maximum atomic E-state index is 12.2. The highest BCUT2D eigenvalue weighted by molar-refractivity contribution is 5.78. The Kier molecular flexibility index (Phi) is 3.85. The van der Waals surface area contributed by atoms with Crippen LogP contribution in [0.25, 0.3) is 0 Å². The normalized spacial score (nSPS) is 18.0. The van der Waals surface area contributed by atoms with Crippen molar-refractivity contribution in [2.24, 2.45) is 0 Å². The molecule has 2 aromatic rings. The molecule has 1 aromatic carbocycles. The summed E-state index contributed by atoms with van der Waals surface area (Å²) >= 11 is 0. The Morgan fingerprint density at radius 2 is 2.33 bits per heavy atom. The number of aryl methyl sites for hydroxylation is 1. The van der Waals surface area contributed by atoms with Crippen LogP contribution in [0.1, 0.15) is 23.7 Å². The van der Waals surface area contributed by atoms with Crippen molar-refractivity contribution in [2.45, 2.75) is 19.3 Å². The fraction of sp³-hybridized carbons (Fsp3) is 0.400. The first-order valence-electron chi connectivity index (χ1n) is 6.96. The van der Waals surface area contributed by atoms with E-state index in [1.54, 1.807) is 4.90 Å². The standard InChI is InChI=1S/C15H17N3O3/c1-11-4-2-3-5-13(11)20-9-14(19)18-7-6-12(8-18)15-16-10-21-17-15/h2-5,10,12H,6-9H2,1H3/t12-/m0/s1. The van der Waals surface area contributed by atoms with Gasteiger partial charge in [-0.3, -0.25) is 4.79 Å². The van der Waals surface area contributed by atoms with Gasteiger partial charge in [-0.1, -0.05) is 23.4 Å². The zero-order valence-corrected chi connectivity index (χ0v) is 11.9. The van der Waals surface area contributed by atoms with Gasteiger partial charge in [0.2, 0.25) is 6.39 Å². The number of ether oxygens (including phenoxy) is 1. The van der Waals surface area contributed by atoms with Crippen LogP contribution in [0.5, 0.6) is 5.75 Å². The van der Waals surface area contributed by atoms with E-state index in [9.17, 15) is 4.79 Å². The molecule has 1 aliphatic rings. The predicted octanol–water partition coefficient (Wildman–Crippen LogP) is 1.77. The predicted molar refractivity (Wildman–Crippen MR) is 74.9 cm³/mol. The number of hydrogen-bond donors (Lipinski definition) is 0. The van der Waals surface area contributed by atoms with Gasteiger partial charge in [-0.2, -0.15) is 4.98 Å². The third-order valence-electron chi connectivity index (χ3n) is 3.73. The smallest absolute Gasteiger partial charge is 0.260 e. The molecule has 2 heterocycles. The van der Waals surface area contributed by atoms with E-state index in [0.717, 1.165) is 17.7 Å². The molecule has 6 nitrogen and oxygen atoms in total. The Morgan fingerprint density at radius 1 is 1.48 bits per heavy atom. The van der Waals surface area contributed by atoms with E-state index in [1.165, 1.54) is 6.39 Å². The molecule has 110 valence electrons. The first kappa shape index (κ1) is 13.6. The van der Waals surface area contributed by atoms with Crippen LogP contribution in [0.4, 0.5) is 0 Å². The van der Waals surface area contributed by atoms with Crippen molar-refractivity contribution in [1.29, 1.82) is 0 Å². The van der Waals surface area contributed by atoms with Crippen molar-refractivity contribution in [2.75, 3.05) is 19.7 Å². The van der Waals surface area contributed by atoms with E-state index in [-0.39, 0.29) is 18.4 Å². The van der Waals surface area contributed by atoms with Gasteiger partial charge in [0, 0.05) is 19.0 Å². The summed E-state index contributed by atoms with van der Waals surface area (Å²) in [4.78, 5) is 18.0. The minimum absolute atomic E-state index is 0.00996. The van der Waals surface area contributed by atoms with Crippen LogP contribution in [-0.4, -0.2) is 40.6 Å². The van der Waals surface area contributed by atoms with Crippen LogP contribution < -0.4 is 4.74 Å². The lowest BCUT2D eigenvalue weighted by Crippen LogP contribution is -2.33. The first-order chi connectivity index (χ1) is 10.2. The van der Waals surface area contributed by atoms with Crippen LogP contribution >= 0.6 is 0 Å². The fourth-order valence-corrected chi connectivity index (χ4v) is 2.51. The molecule has 21 heavy (non-hydrogen) atoms. The molecule has 0 spiro atoms. The van der Waals surface area contributed by atoms with Crippen LogP contribution in [0.3, 0.4) is 0 Å². The molecule has 1 aromatic heterocycles. The number of carbonyl (C=O) groups excluding carboxylic acids is 1. The quantitative estimate of drug-likeness (QED) is 0.857. The average molecular weight is 287 g/mol. The minimum atomic E-state index is -0.00996. The van der Waals surface area contributed by atoms with Crippen LogP contribution in [-0.2, 0) is 4.79 Å². The van der Waals surface area contributed by atoms with Gasteiger partial charge in [0.1, 0.15) is 5.75 Å². The van der Waals surface area contributed by atoms with Gasteiger partial charge in [0.05, 0.1) is 0 Å². The molecule has 0 unspecified atom stereocenters. The molecule has 0 saturated carbocycles. The van der Waals surface area contributed by atoms with Gasteiger partial charge in [-0.05, 0) is 25.0 Å². The van der Waals surface area contributed by atoms with Gasteiger partial charge in [-0.25, -0.2) is 0 Å². The van der Waals surface area contributed by atoms with Crippen molar-refractivity contribution < 1.29 is 14.1 Å². The number of benzene rings is 1. The Morgan fingerprint density at radius 3 is 3.10 bits per heavy atom. The second-order valence-corrected chi connectivity index (χ2v) is 5.17. The average Bonchev–Trinajstić information content (AvgIpc) is 3.16. The van der Waals surface area contributed by atoms with Crippen molar-refractivity contribution in [3.8, 4) is 5.75 Å². The molecule has 1 aliphatic heterocycles. The Hall–Kier alpha value is -2.37. The SMILES string of the molecule is Cc1ccccc1OCC(=O)N1CC[C@H](c2ncon2)C1. The summed E-state index contributed by atoms with van der Waals surface area (Å²) in [6, 6.07) is 7.67. The minimum Gasteiger partial charge on any atom is -0.484 e. The number of para-hydroxylation sites is 1. The molecular weight excluding hydrogens is 270 g/mol. The van der Waals surface area contributed by atoms with Crippen molar-refractivity contribution in [3.63, 3.8) is 0 Å². The Labute approximate surface area is 122 Å². The maximum absolute atomic E-state index is 12.2. The van der Waals surface area contributed by atoms with Gasteiger partial charge in [-0.15, -0.1) is 0 Å². The number of hydrogen-bond acceptors (Lipinski definition) is 5.